The first-order valence-corrected chi connectivity index (χ1v) is 8.68. The molecule has 1 saturated heterocycles. The third kappa shape index (κ3) is 3.77. The Morgan fingerprint density at radius 3 is 2.73 bits per heavy atom. The molecular formula is C17H21NO2S2. The van der Waals surface area contributed by atoms with Crippen LogP contribution in [-0.2, 0) is 11.2 Å². The van der Waals surface area contributed by atoms with E-state index in [0.717, 1.165) is 12.2 Å². The molecule has 0 aliphatic carbocycles. The number of thioether (sulfide) groups is 1. The third-order valence-electron chi connectivity index (χ3n) is 3.88. The number of carbonyl (C=O) groups excluding carboxylic acids is 1. The summed E-state index contributed by atoms with van der Waals surface area (Å²) >= 11 is 6.88. The van der Waals surface area contributed by atoms with Crippen molar-refractivity contribution in [3.05, 3.63) is 48.0 Å². The molecule has 1 N–H and O–H groups in total. The van der Waals surface area contributed by atoms with E-state index >= 15 is 0 Å². The van der Waals surface area contributed by atoms with Crippen LogP contribution in [0, 0.1) is 5.92 Å². The van der Waals surface area contributed by atoms with Crippen molar-refractivity contribution in [2.45, 2.75) is 32.4 Å². The number of thiocarbonyl (C=S) groups is 1. The van der Waals surface area contributed by atoms with Crippen LogP contribution < -0.4 is 0 Å². The molecule has 1 aliphatic rings. The fourth-order valence-corrected chi connectivity index (χ4v) is 3.97. The third-order valence-corrected chi connectivity index (χ3v) is 5.43. The highest BCUT2D eigenvalue weighted by Gasteiger charge is 2.38. The number of hydrogen-bond donors (Lipinski definition) is 1. The van der Waals surface area contributed by atoms with Gasteiger partial charge in [0.05, 0.1) is 18.1 Å². The van der Waals surface area contributed by atoms with Crippen LogP contribution >= 0.6 is 24.0 Å². The molecule has 1 fully saturated rings. The van der Waals surface area contributed by atoms with Crippen molar-refractivity contribution in [3.63, 3.8) is 0 Å². The van der Waals surface area contributed by atoms with E-state index in [9.17, 15) is 9.90 Å². The molecule has 0 radical (unpaired) electrons. The van der Waals surface area contributed by atoms with E-state index in [-0.39, 0.29) is 11.9 Å². The molecule has 0 bridgehead atoms. The van der Waals surface area contributed by atoms with Crippen molar-refractivity contribution < 1.29 is 9.90 Å². The van der Waals surface area contributed by atoms with Gasteiger partial charge in [0.15, 0.2) is 0 Å². The van der Waals surface area contributed by atoms with Gasteiger partial charge in [-0.1, -0.05) is 73.4 Å². The molecule has 0 spiro atoms. The lowest BCUT2D eigenvalue weighted by molar-refractivity contribution is -0.134. The normalized spacial score (nSPS) is 20.8. The SMILES string of the molecule is C=C(C)[C@@H](O)[C@H](C)C(=O)N1C(=S)SC[C@@H]1Cc1ccccc1. The number of hydrogen-bond acceptors (Lipinski definition) is 4. The molecule has 1 heterocycles. The van der Waals surface area contributed by atoms with Gasteiger partial charge >= 0.3 is 0 Å². The predicted molar refractivity (Wildman–Crippen MR) is 95.8 cm³/mol. The summed E-state index contributed by atoms with van der Waals surface area (Å²) in [6.45, 7) is 7.19. The summed E-state index contributed by atoms with van der Waals surface area (Å²) in [6.07, 6.45) is -0.0615. The van der Waals surface area contributed by atoms with Crippen LogP contribution in [0.1, 0.15) is 19.4 Å². The fraction of sp³-hybridized carbons (Fsp3) is 0.412. The highest BCUT2D eigenvalue weighted by molar-refractivity contribution is 8.23. The Balaban J connectivity index is 2.14. The maximum Gasteiger partial charge on any atom is 0.234 e. The van der Waals surface area contributed by atoms with Crippen LogP contribution in [0.25, 0.3) is 0 Å². The molecule has 3 atom stereocenters. The summed E-state index contributed by atoms with van der Waals surface area (Å²) in [6, 6.07) is 10.1. The summed E-state index contributed by atoms with van der Waals surface area (Å²) in [5.41, 5.74) is 1.78. The molecule has 1 aromatic carbocycles. The minimum absolute atomic E-state index is 0.0483. The van der Waals surface area contributed by atoms with Crippen molar-refractivity contribution in [2.24, 2.45) is 5.92 Å². The van der Waals surface area contributed by atoms with Crippen molar-refractivity contribution in [1.82, 2.24) is 4.90 Å². The molecule has 1 amide bonds. The Kier molecular flexibility index (Phi) is 5.78. The number of benzene rings is 1. The zero-order valence-corrected chi connectivity index (χ0v) is 14.5. The average Bonchev–Trinajstić information content (AvgIpc) is 2.86. The molecule has 0 unspecified atom stereocenters. The monoisotopic (exact) mass is 335 g/mol. The van der Waals surface area contributed by atoms with Gasteiger partial charge in [0, 0.05) is 5.75 Å². The van der Waals surface area contributed by atoms with Gasteiger partial charge < -0.3 is 5.11 Å². The molecule has 22 heavy (non-hydrogen) atoms. The second kappa shape index (κ2) is 7.40. The molecule has 5 heteroatoms. The van der Waals surface area contributed by atoms with Gasteiger partial charge in [-0.15, -0.1) is 0 Å². The van der Waals surface area contributed by atoms with E-state index in [0.29, 0.717) is 9.89 Å². The lowest BCUT2D eigenvalue weighted by Gasteiger charge is -2.28. The Morgan fingerprint density at radius 1 is 1.50 bits per heavy atom. The largest absolute Gasteiger partial charge is 0.388 e. The fourth-order valence-electron chi connectivity index (χ4n) is 2.55. The van der Waals surface area contributed by atoms with Crippen LogP contribution in [0.4, 0.5) is 0 Å². The first-order valence-electron chi connectivity index (χ1n) is 7.29. The summed E-state index contributed by atoms with van der Waals surface area (Å²) in [4.78, 5) is 14.4. The molecule has 3 nitrogen and oxygen atoms in total. The van der Waals surface area contributed by atoms with Gasteiger partial charge in [-0.3, -0.25) is 9.69 Å². The van der Waals surface area contributed by atoms with Gasteiger partial charge in [0.1, 0.15) is 4.32 Å². The van der Waals surface area contributed by atoms with Crippen molar-refractivity contribution in [1.29, 1.82) is 0 Å². The maximum absolute atomic E-state index is 12.7. The van der Waals surface area contributed by atoms with Gasteiger partial charge in [0.2, 0.25) is 5.91 Å². The zero-order chi connectivity index (χ0) is 16.3. The lowest BCUT2D eigenvalue weighted by Crippen LogP contribution is -2.45. The van der Waals surface area contributed by atoms with Gasteiger partial charge in [-0.2, -0.15) is 0 Å². The molecule has 118 valence electrons. The minimum atomic E-state index is -0.835. The van der Waals surface area contributed by atoms with Crippen LogP contribution in [0.2, 0.25) is 0 Å². The standard InChI is InChI=1S/C17H21NO2S2/c1-11(2)15(19)12(3)16(20)18-14(10-22-17(18)21)9-13-7-5-4-6-8-13/h4-8,12,14-15,19H,1,9-10H2,2-3H3/t12-,14-,15+/m0/s1. The second-order valence-corrected chi connectivity index (χ2v) is 7.36. The predicted octanol–water partition coefficient (Wildman–Crippen LogP) is 3.03. The highest BCUT2D eigenvalue weighted by atomic mass is 32.2. The van der Waals surface area contributed by atoms with Gasteiger partial charge in [0.25, 0.3) is 0 Å². The molecule has 2 rings (SSSR count). The summed E-state index contributed by atoms with van der Waals surface area (Å²) in [5, 5.41) is 10.1. The quantitative estimate of drug-likeness (QED) is 0.663. The number of aliphatic hydroxyl groups excluding tert-OH is 1. The first-order chi connectivity index (χ1) is 10.4. The maximum atomic E-state index is 12.7. The first kappa shape index (κ1) is 17.2. The minimum Gasteiger partial charge on any atom is -0.388 e. The molecule has 1 aromatic rings. The van der Waals surface area contributed by atoms with Crippen LogP contribution in [0.5, 0.6) is 0 Å². The summed E-state index contributed by atoms with van der Waals surface area (Å²) in [5.74, 6) is 0.147. The van der Waals surface area contributed by atoms with E-state index in [1.54, 1.807) is 18.7 Å². The molecular weight excluding hydrogens is 314 g/mol. The number of nitrogens with zero attached hydrogens (tertiary/aromatic N) is 1. The lowest BCUT2D eigenvalue weighted by atomic mass is 9.97. The number of rotatable bonds is 5. The van der Waals surface area contributed by atoms with E-state index < -0.39 is 12.0 Å². The Labute approximate surface area is 141 Å². The summed E-state index contributed by atoms with van der Waals surface area (Å²) < 4.78 is 0.603. The van der Waals surface area contributed by atoms with E-state index in [1.807, 2.05) is 18.2 Å². The van der Waals surface area contributed by atoms with Crippen molar-refractivity contribution in [3.8, 4) is 0 Å². The topological polar surface area (TPSA) is 40.5 Å². The van der Waals surface area contributed by atoms with Crippen molar-refractivity contribution in [2.75, 3.05) is 5.75 Å². The smallest absolute Gasteiger partial charge is 0.234 e. The van der Waals surface area contributed by atoms with Crippen molar-refractivity contribution >= 4 is 34.2 Å². The Bertz CT molecular complexity index is 573. The second-order valence-electron chi connectivity index (χ2n) is 5.71. The Morgan fingerprint density at radius 2 is 2.14 bits per heavy atom. The van der Waals surface area contributed by atoms with Gasteiger partial charge in [-0.25, -0.2) is 0 Å². The molecule has 0 saturated carbocycles. The number of aliphatic hydroxyl groups is 1. The van der Waals surface area contributed by atoms with Crippen LogP contribution in [0.3, 0.4) is 0 Å². The molecule has 0 aromatic heterocycles. The average molecular weight is 335 g/mol. The van der Waals surface area contributed by atoms with E-state index in [4.69, 9.17) is 12.2 Å². The van der Waals surface area contributed by atoms with E-state index in [2.05, 4.69) is 18.7 Å². The Hall–Kier alpha value is -1.17. The summed E-state index contributed by atoms with van der Waals surface area (Å²) in [7, 11) is 0. The highest BCUT2D eigenvalue weighted by Crippen LogP contribution is 2.29. The van der Waals surface area contributed by atoms with Gasteiger partial charge in [-0.05, 0) is 18.9 Å². The van der Waals surface area contributed by atoms with Crippen LogP contribution in [0.15, 0.2) is 42.5 Å². The number of carbonyl (C=O) groups is 1. The number of amides is 1. The molecule has 1 aliphatic heterocycles. The zero-order valence-electron chi connectivity index (χ0n) is 12.9. The van der Waals surface area contributed by atoms with Crippen LogP contribution in [-0.4, -0.2) is 38.1 Å². The van der Waals surface area contributed by atoms with E-state index in [1.165, 1.54) is 17.3 Å².